The molecule has 0 spiro atoms. The van der Waals surface area contributed by atoms with Crippen LogP contribution in [0.5, 0.6) is 5.75 Å². The molecule has 112 valence electrons. The number of rotatable bonds is 7. The van der Waals surface area contributed by atoms with Crippen LogP contribution < -0.4 is 4.74 Å². The lowest BCUT2D eigenvalue weighted by molar-refractivity contribution is -0.0142. The molecule has 1 unspecified atom stereocenters. The third kappa shape index (κ3) is 4.80. The molecule has 0 radical (unpaired) electrons. The smallest absolute Gasteiger partial charge is 0.118 e. The molecule has 1 atom stereocenters. The maximum absolute atomic E-state index is 9.47. The van der Waals surface area contributed by atoms with Gasteiger partial charge < -0.3 is 14.6 Å². The average Bonchev–Trinajstić information content (AvgIpc) is 2.53. The average molecular weight is 278 g/mol. The highest BCUT2D eigenvalue weighted by atomic mass is 16.5. The zero-order chi connectivity index (χ0) is 14.2. The summed E-state index contributed by atoms with van der Waals surface area (Å²) in [5.41, 5.74) is 1.12. The van der Waals surface area contributed by atoms with Crippen molar-refractivity contribution in [1.82, 2.24) is 0 Å². The summed E-state index contributed by atoms with van der Waals surface area (Å²) in [4.78, 5) is 0. The van der Waals surface area contributed by atoms with Gasteiger partial charge in [-0.05, 0) is 30.0 Å². The highest BCUT2D eigenvalue weighted by molar-refractivity contribution is 5.26. The quantitative estimate of drug-likeness (QED) is 0.829. The van der Waals surface area contributed by atoms with Gasteiger partial charge in [0.2, 0.25) is 0 Å². The Morgan fingerprint density at radius 1 is 1.15 bits per heavy atom. The summed E-state index contributed by atoms with van der Waals surface area (Å²) < 4.78 is 11.0. The topological polar surface area (TPSA) is 38.7 Å². The molecular weight excluding hydrogens is 252 g/mol. The monoisotopic (exact) mass is 278 g/mol. The summed E-state index contributed by atoms with van der Waals surface area (Å²) >= 11 is 0. The van der Waals surface area contributed by atoms with E-state index in [0.29, 0.717) is 6.61 Å². The molecule has 1 aromatic carbocycles. The van der Waals surface area contributed by atoms with Gasteiger partial charge in [-0.2, -0.15) is 0 Å². The fraction of sp³-hybridized carbons (Fsp3) is 0.647. The Balaban J connectivity index is 1.77. The largest absolute Gasteiger partial charge is 0.497 e. The van der Waals surface area contributed by atoms with Gasteiger partial charge in [-0.3, -0.25) is 0 Å². The maximum Gasteiger partial charge on any atom is 0.118 e. The van der Waals surface area contributed by atoms with Crippen LogP contribution in [-0.2, 0) is 11.3 Å². The molecule has 0 saturated heterocycles. The predicted molar refractivity (Wildman–Crippen MR) is 79.8 cm³/mol. The van der Waals surface area contributed by atoms with E-state index in [0.717, 1.165) is 23.7 Å². The lowest BCUT2D eigenvalue weighted by Crippen LogP contribution is -2.22. The van der Waals surface area contributed by atoms with Crippen molar-refractivity contribution in [2.45, 2.75) is 51.2 Å². The number of benzene rings is 1. The Hall–Kier alpha value is -1.06. The van der Waals surface area contributed by atoms with E-state index in [1.807, 2.05) is 24.3 Å². The van der Waals surface area contributed by atoms with Crippen LogP contribution in [0.25, 0.3) is 0 Å². The summed E-state index contributed by atoms with van der Waals surface area (Å²) in [5, 5.41) is 9.47. The lowest BCUT2D eigenvalue weighted by Gasteiger charge is -2.25. The van der Waals surface area contributed by atoms with Gasteiger partial charge in [0.15, 0.2) is 0 Å². The van der Waals surface area contributed by atoms with Crippen molar-refractivity contribution >= 4 is 0 Å². The van der Waals surface area contributed by atoms with Crippen molar-refractivity contribution in [1.29, 1.82) is 0 Å². The minimum absolute atomic E-state index is 0.0276. The van der Waals surface area contributed by atoms with Gasteiger partial charge in [0.05, 0.1) is 26.4 Å². The first-order chi connectivity index (χ1) is 9.81. The minimum atomic E-state index is -0.0276. The minimum Gasteiger partial charge on any atom is -0.497 e. The van der Waals surface area contributed by atoms with Crippen molar-refractivity contribution < 1.29 is 14.6 Å². The molecule has 0 heterocycles. The predicted octanol–water partition coefficient (Wildman–Crippen LogP) is 3.54. The third-order valence-corrected chi connectivity index (χ3v) is 4.17. The fourth-order valence-corrected chi connectivity index (χ4v) is 2.93. The molecule has 20 heavy (non-hydrogen) atoms. The Morgan fingerprint density at radius 2 is 1.85 bits per heavy atom. The van der Waals surface area contributed by atoms with Gasteiger partial charge in [0.25, 0.3) is 0 Å². The number of ether oxygens (including phenoxy) is 2. The van der Waals surface area contributed by atoms with Crippen molar-refractivity contribution in [2.75, 3.05) is 13.7 Å². The van der Waals surface area contributed by atoms with Crippen LogP contribution in [-0.4, -0.2) is 24.9 Å². The molecule has 1 aliphatic carbocycles. The fourth-order valence-electron chi connectivity index (χ4n) is 2.93. The van der Waals surface area contributed by atoms with E-state index < -0.39 is 0 Å². The molecule has 1 saturated carbocycles. The first-order valence-electron chi connectivity index (χ1n) is 7.67. The maximum atomic E-state index is 9.47. The number of aliphatic hydroxyl groups excluding tert-OH is 1. The molecule has 1 N–H and O–H groups in total. The van der Waals surface area contributed by atoms with Gasteiger partial charge >= 0.3 is 0 Å². The molecule has 0 bridgehead atoms. The molecule has 0 aliphatic heterocycles. The van der Waals surface area contributed by atoms with Gasteiger partial charge in [-0.25, -0.2) is 0 Å². The van der Waals surface area contributed by atoms with Gasteiger partial charge in [-0.1, -0.05) is 44.2 Å². The molecule has 3 nitrogen and oxygen atoms in total. The standard InChI is InChI=1S/C17H26O3/c1-19-16-9-7-15(8-10-16)13-20-17(12-18)11-14-5-3-2-4-6-14/h7-10,14,17-18H,2-6,11-13H2,1H3. The highest BCUT2D eigenvalue weighted by Crippen LogP contribution is 2.28. The Bertz CT molecular complexity index is 368. The van der Waals surface area contributed by atoms with Crippen LogP contribution in [0, 0.1) is 5.92 Å². The van der Waals surface area contributed by atoms with Crippen LogP contribution in [0.1, 0.15) is 44.1 Å². The normalized spacial score (nSPS) is 17.9. The second-order valence-electron chi connectivity index (χ2n) is 5.70. The lowest BCUT2D eigenvalue weighted by atomic mass is 9.85. The Kier molecular flexibility index (Phi) is 6.34. The van der Waals surface area contributed by atoms with E-state index in [1.165, 1.54) is 32.1 Å². The van der Waals surface area contributed by atoms with Gasteiger partial charge in [-0.15, -0.1) is 0 Å². The third-order valence-electron chi connectivity index (χ3n) is 4.17. The van der Waals surface area contributed by atoms with E-state index in [2.05, 4.69) is 0 Å². The zero-order valence-electron chi connectivity index (χ0n) is 12.4. The molecule has 2 rings (SSSR count). The highest BCUT2D eigenvalue weighted by Gasteiger charge is 2.19. The molecule has 1 aliphatic rings. The second-order valence-corrected chi connectivity index (χ2v) is 5.70. The number of methoxy groups -OCH3 is 1. The van der Waals surface area contributed by atoms with Crippen molar-refractivity contribution in [3.05, 3.63) is 29.8 Å². The van der Waals surface area contributed by atoms with E-state index in [-0.39, 0.29) is 12.7 Å². The number of hydrogen-bond donors (Lipinski definition) is 1. The first kappa shape index (κ1) is 15.3. The SMILES string of the molecule is COc1ccc(COC(CO)CC2CCCCC2)cc1. The number of hydrogen-bond acceptors (Lipinski definition) is 3. The summed E-state index contributed by atoms with van der Waals surface area (Å²) in [7, 11) is 1.66. The zero-order valence-corrected chi connectivity index (χ0v) is 12.4. The Labute approximate surface area is 121 Å². The van der Waals surface area contributed by atoms with Crippen molar-refractivity contribution in [3.8, 4) is 5.75 Å². The first-order valence-corrected chi connectivity index (χ1v) is 7.67. The van der Waals surface area contributed by atoms with Crippen molar-refractivity contribution in [3.63, 3.8) is 0 Å². The summed E-state index contributed by atoms with van der Waals surface area (Å²) in [5.74, 6) is 1.59. The second kappa shape index (κ2) is 8.28. The van der Waals surface area contributed by atoms with Crippen LogP contribution in [0.15, 0.2) is 24.3 Å². The van der Waals surface area contributed by atoms with Crippen LogP contribution in [0.2, 0.25) is 0 Å². The van der Waals surface area contributed by atoms with Crippen LogP contribution >= 0.6 is 0 Å². The molecule has 3 heteroatoms. The molecule has 1 fully saturated rings. The van der Waals surface area contributed by atoms with Crippen molar-refractivity contribution in [2.24, 2.45) is 5.92 Å². The molecule has 0 amide bonds. The summed E-state index contributed by atoms with van der Waals surface area (Å²) in [6.07, 6.45) is 7.59. The van der Waals surface area contributed by atoms with Gasteiger partial charge in [0, 0.05) is 0 Å². The molecule has 1 aromatic rings. The van der Waals surface area contributed by atoms with Crippen LogP contribution in [0.4, 0.5) is 0 Å². The van der Waals surface area contributed by atoms with E-state index >= 15 is 0 Å². The summed E-state index contributed by atoms with van der Waals surface area (Å²) in [6, 6.07) is 7.89. The van der Waals surface area contributed by atoms with E-state index in [1.54, 1.807) is 7.11 Å². The van der Waals surface area contributed by atoms with Crippen LogP contribution in [0.3, 0.4) is 0 Å². The number of aliphatic hydroxyl groups is 1. The Morgan fingerprint density at radius 3 is 2.45 bits per heavy atom. The molecule has 0 aromatic heterocycles. The van der Waals surface area contributed by atoms with E-state index in [9.17, 15) is 5.11 Å². The molecular formula is C17H26O3. The summed E-state index contributed by atoms with van der Waals surface area (Å²) in [6.45, 7) is 0.675. The van der Waals surface area contributed by atoms with Gasteiger partial charge in [0.1, 0.15) is 5.75 Å². The van der Waals surface area contributed by atoms with E-state index in [4.69, 9.17) is 9.47 Å².